The fraction of sp³-hybridized carbons (Fsp3) is 0.500. The van der Waals surface area contributed by atoms with Crippen molar-refractivity contribution in [2.45, 2.75) is 52.9 Å². The molecule has 6 heteroatoms. The molecule has 1 fully saturated rings. The quantitative estimate of drug-likeness (QED) is 0.671. The summed E-state index contributed by atoms with van der Waals surface area (Å²) in [5.74, 6) is 0. The molecule has 0 bridgehead atoms. The molecule has 0 radical (unpaired) electrons. The highest BCUT2D eigenvalue weighted by Crippen LogP contribution is 2.24. The molecule has 0 saturated carbocycles. The summed E-state index contributed by atoms with van der Waals surface area (Å²) in [6, 6.07) is 17.2. The van der Waals surface area contributed by atoms with Crippen LogP contribution < -0.4 is 10.2 Å². The van der Waals surface area contributed by atoms with Crippen LogP contribution in [0.25, 0.3) is 0 Å². The van der Waals surface area contributed by atoms with Crippen LogP contribution in [0.4, 0.5) is 16.2 Å². The Morgan fingerprint density at radius 3 is 2.25 bits per heavy atom. The molecule has 174 valence electrons. The third kappa shape index (κ3) is 6.97. The van der Waals surface area contributed by atoms with Crippen LogP contribution in [-0.4, -0.2) is 54.4 Å². The zero-order chi connectivity index (χ0) is 23.3. The van der Waals surface area contributed by atoms with Crippen molar-refractivity contribution >= 4 is 17.4 Å². The fourth-order valence-electron chi connectivity index (χ4n) is 4.13. The average molecular weight is 440 g/mol. The van der Waals surface area contributed by atoms with Gasteiger partial charge in [-0.1, -0.05) is 51.1 Å². The van der Waals surface area contributed by atoms with E-state index in [1.54, 1.807) is 4.90 Å². The van der Waals surface area contributed by atoms with Crippen molar-refractivity contribution in [3.63, 3.8) is 0 Å². The Bertz CT molecular complexity index is 854. The molecule has 2 aromatic rings. The Morgan fingerprint density at radius 1 is 1.09 bits per heavy atom. The lowest BCUT2D eigenvalue weighted by atomic mass is 9.95. The van der Waals surface area contributed by atoms with Crippen LogP contribution in [0.3, 0.4) is 0 Å². The van der Waals surface area contributed by atoms with Crippen molar-refractivity contribution < 1.29 is 14.6 Å². The van der Waals surface area contributed by atoms with E-state index >= 15 is 0 Å². The SMILES string of the molecule is C[C@@H]1CN(c2ccc(NC(=O)N(C[C@@H](O)c3ccccc3)CC(C)(C)C)cc2)C[C@@H](C)O1. The number of nitrogens with zero attached hydrogens (tertiary/aromatic N) is 2. The van der Waals surface area contributed by atoms with E-state index in [9.17, 15) is 9.90 Å². The number of hydrogen-bond acceptors (Lipinski definition) is 4. The molecule has 1 saturated heterocycles. The number of aliphatic hydroxyl groups excluding tert-OH is 1. The van der Waals surface area contributed by atoms with Gasteiger partial charge in [-0.3, -0.25) is 0 Å². The first-order chi connectivity index (χ1) is 15.1. The third-order valence-corrected chi connectivity index (χ3v) is 5.43. The van der Waals surface area contributed by atoms with Gasteiger partial charge >= 0.3 is 6.03 Å². The summed E-state index contributed by atoms with van der Waals surface area (Å²) in [4.78, 5) is 17.1. The number of carbonyl (C=O) groups excluding carboxylic acids is 1. The minimum absolute atomic E-state index is 0.0959. The van der Waals surface area contributed by atoms with E-state index < -0.39 is 6.10 Å². The molecule has 0 spiro atoms. The maximum absolute atomic E-state index is 13.1. The lowest BCUT2D eigenvalue weighted by Gasteiger charge is -2.37. The number of amides is 2. The summed E-state index contributed by atoms with van der Waals surface area (Å²) in [6.45, 7) is 12.9. The minimum atomic E-state index is -0.739. The highest BCUT2D eigenvalue weighted by atomic mass is 16.5. The molecule has 1 heterocycles. The zero-order valence-corrected chi connectivity index (χ0v) is 19.9. The van der Waals surface area contributed by atoms with E-state index in [0.717, 1.165) is 30.0 Å². The molecule has 0 aliphatic carbocycles. The van der Waals surface area contributed by atoms with Crippen molar-refractivity contribution in [1.29, 1.82) is 0 Å². The second-order valence-corrected chi connectivity index (χ2v) is 10.0. The van der Waals surface area contributed by atoms with Crippen LogP contribution in [0.5, 0.6) is 0 Å². The molecule has 0 aromatic heterocycles. The molecule has 0 unspecified atom stereocenters. The number of morpholine rings is 1. The van der Waals surface area contributed by atoms with Gasteiger partial charge in [-0.25, -0.2) is 4.79 Å². The first kappa shape index (κ1) is 24.1. The van der Waals surface area contributed by atoms with Gasteiger partial charge in [0, 0.05) is 31.0 Å². The third-order valence-electron chi connectivity index (χ3n) is 5.43. The van der Waals surface area contributed by atoms with Crippen molar-refractivity contribution in [2.24, 2.45) is 5.41 Å². The van der Waals surface area contributed by atoms with E-state index in [1.165, 1.54) is 0 Å². The van der Waals surface area contributed by atoms with Gasteiger partial charge in [0.25, 0.3) is 0 Å². The molecule has 3 atom stereocenters. The molecular formula is C26H37N3O3. The van der Waals surface area contributed by atoms with Gasteiger partial charge in [0.15, 0.2) is 0 Å². The normalized spacial score (nSPS) is 20.0. The topological polar surface area (TPSA) is 65.0 Å². The number of nitrogens with one attached hydrogen (secondary N) is 1. The zero-order valence-electron chi connectivity index (χ0n) is 19.9. The monoisotopic (exact) mass is 439 g/mol. The summed E-state index contributed by atoms with van der Waals surface area (Å²) >= 11 is 0. The van der Waals surface area contributed by atoms with Crippen LogP contribution in [0.15, 0.2) is 54.6 Å². The largest absolute Gasteiger partial charge is 0.387 e. The second-order valence-electron chi connectivity index (χ2n) is 10.0. The smallest absolute Gasteiger partial charge is 0.321 e. The maximum Gasteiger partial charge on any atom is 0.321 e. The number of hydrogen-bond donors (Lipinski definition) is 2. The average Bonchev–Trinajstić information content (AvgIpc) is 2.72. The number of aliphatic hydroxyl groups is 1. The number of carbonyl (C=O) groups is 1. The van der Waals surface area contributed by atoms with Gasteiger partial charge in [-0.15, -0.1) is 0 Å². The van der Waals surface area contributed by atoms with Gasteiger partial charge in [0.1, 0.15) is 0 Å². The Balaban J connectivity index is 1.67. The minimum Gasteiger partial charge on any atom is -0.387 e. The Labute approximate surface area is 192 Å². The maximum atomic E-state index is 13.1. The van der Waals surface area contributed by atoms with Crippen molar-refractivity contribution in [2.75, 3.05) is 36.4 Å². The molecule has 1 aliphatic rings. The molecule has 1 aliphatic heterocycles. The number of ether oxygens (including phenoxy) is 1. The predicted octanol–water partition coefficient (Wildman–Crippen LogP) is 4.91. The summed E-state index contributed by atoms with van der Waals surface area (Å²) in [5, 5.41) is 13.7. The summed E-state index contributed by atoms with van der Waals surface area (Å²) in [7, 11) is 0. The molecule has 2 N–H and O–H groups in total. The van der Waals surface area contributed by atoms with Gasteiger partial charge in [0.2, 0.25) is 0 Å². The highest BCUT2D eigenvalue weighted by molar-refractivity contribution is 5.89. The Kier molecular flexibility index (Phi) is 7.80. The summed E-state index contributed by atoms with van der Waals surface area (Å²) in [5.41, 5.74) is 2.57. The van der Waals surface area contributed by atoms with Gasteiger partial charge in [0.05, 0.1) is 24.9 Å². The predicted molar refractivity (Wildman–Crippen MR) is 130 cm³/mol. The van der Waals surface area contributed by atoms with E-state index in [-0.39, 0.29) is 30.2 Å². The van der Waals surface area contributed by atoms with Crippen molar-refractivity contribution in [3.05, 3.63) is 60.2 Å². The lowest BCUT2D eigenvalue weighted by molar-refractivity contribution is -0.00521. The Morgan fingerprint density at radius 2 is 1.69 bits per heavy atom. The summed E-state index contributed by atoms with van der Waals surface area (Å²) < 4.78 is 5.82. The van der Waals surface area contributed by atoms with Gasteiger partial charge < -0.3 is 25.0 Å². The first-order valence-corrected chi connectivity index (χ1v) is 11.4. The molecule has 2 amide bonds. The summed E-state index contributed by atoms with van der Waals surface area (Å²) in [6.07, 6.45) is -0.350. The highest BCUT2D eigenvalue weighted by Gasteiger charge is 2.25. The van der Waals surface area contributed by atoms with Crippen LogP contribution in [-0.2, 0) is 4.74 Å². The van der Waals surface area contributed by atoms with Crippen LogP contribution in [0.2, 0.25) is 0 Å². The van der Waals surface area contributed by atoms with E-state index in [0.29, 0.717) is 6.54 Å². The van der Waals surface area contributed by atoms with Crippen LogP contribution >= 0.6 is 0 Å². The van der Waals surface area contributed by atoms with Crippen molar-refractivity contribution in [3.8, 4) is 0 Å². The number of anilines is 2. The molecule has 6 nitrogen and oxygen atoms in total. The first-order valence-electron chi connectivity index (χ1n) is 11.4. The van der Waals surface area contributed by atoms with Crippen molar-refractivity contribution in [1.82, 2.24) is 4.90 Å². The van der Waals surface area contributed by atoms with Crippen LogP contribution in [0, 0.1) is 5.41 Å². The number of benzene rings is 2. The second kappa shape index (κ2) is 10.4. The van der Waals surface area contributed by atoms with Gasteiger partial charge in [-0.05, 0) is 49.1 Å². The Hall–Kier alpha value is -2.57. The van der Waals surface area contributed by atoms with E-state index in [1.807, 2.05) is 54.6 Å². The lowest BCUT2D eigenvalue weighted by Crippen LogP contribution is -2.45. The van der Waals surface area contributed by atoms with E-state index in [2.05, 4.69) is 44.8 Å². The van der Waals surface area contributed by atoms with Crippen LogP contribution in [0.1, 0.15) is 46.3 Å². The molecule has 32 heavy (non-hydrogen) atoms. The van der Waals surface area contributed by atoms with Gasteiger partial charge in [-0.2, -0.15) is 0 Å². The molecule has 2 aromatic carbocycles. The number of rotatable bonds is 6. The van der Waals surface area contributed by atoms with E-state index in [4.69, 9.17) is 4.74 Å². The standard InChI is InChI=1S/C26H37N3O3/c1-19-15-28(16-20(2)32-19)23-13-11-22(12-14-23)27-25(31)29(18-26(3,4)5)17-24(30)21-9-7-6-8-10-21/h6-14,19-20,24,30H,15-18H2,1-5H3,(H,27,31)/t19-,20-,24-/m1/s1. The molecule has 3 rings (SSSR count). The number of urea groups is 1. The fourth-order valence-corrected chi connectivity index (χ4v) is 4.13. The molecular weight excluding hydrogens is 402 g/mol.